The Morgan fingerprint density at radius 3 is 1.65 bits per heavy atom. The topological polar surface area (TPSA) is 0 Å². The number of alkyl halides is 1. The van der Waals surface area contributed by atoms with Gasteiger partial charge in [0.25, 0.3) is 0 Å². The zero-order chi connectivity index (χ0) is 15.3. The summed E-state index contributed by atoms with van der Waals surface area (Å²) in [5.41, 5.74) is 1.61. The van der Waals surface area contributed by atoms with Crippen LogP contribution in [-0.4, -0.2) is 22.8 Å². The van der Waals surface area contributed by atoms with Gasteiger partial charge in [0.15, 0.2) is 0 Å². The zero-order valence-corrected chi connectivity index (χ0v) is 19.3. The van der Waals surface area contributed by atoms with E-state index in [1.54, 1.807) is 18.9 Å². The van der Waals surface area contributed by atoms with Crippen LogP contribution in [0.15, 0.2) is 12.2 Å². The molecule has 0 N–H and O–H groups in total. The molecule has 0 saturated carbocycles. The number of allylic oxidation sites excluding steroid dienone is 1. The van der Waals surface area contributed by atoms with Crippen LogP contribution in [0.1, 0.15) is 72.1 Å². The molecule has 0 amide bonds. The second kappa shape index (κ2) is 13.9. The Bertz CT molecular complexity index is 216. The molecule has 0 spiro atoms. The summed E-state index contributed by atoms with van der Waals surface area (Å²) in [5.74, 6) is 0. The Labute approximate surface area is 146 Å². The summed E-state index contributed by atoms with van der Waals surface area (Å²) in [4.78, 5) is 0. The first-order chi connectivity index (χ1) is 9.64. The molecular formula is C18H37ISn. The molecule has 0 rings (SSSR count). The summed E-state index contributed by atoms with van der Waals surface area (Å²) in [6.07, 6.45) is 11.3. The van der Waals surface area contributed by atoms with E-state index in [0.29, 0.717) is 0 Å². The van der Waals surface area contributed by atoms with Gasteiger partial charge in [0.05, 0.1) is 0 Å². The first-order valence-electron chi connectivity index (χ1n) is 8.86. The van der Waals surface area contributed by atoms with Crippen molar-refractivity contribution in [3.8, 4) is 0 Å². The van der Waals surface area contributed by atoms with Gasteiger partial charge in [-0.3, -0.25) is 0 Å². The number of halogens is 1. The summed E-state index contributed by atoms with van der Waals surface area (Å²) >= 11 is 0.585. The van der Waals surface area contributed by atoms with Crippen molar-refractivity contribution >= 4 is 41.0 Å². The van der Waals surface area contributed by atoms with Crippen molar-refractivity contribution in [1.82, 2.24) is 0 Å². The van der Waals surface area contributed by atoms with Gasteiger partial charge in [0.1, 0.15) is 0 Å². The molecule has 0 bridgehead atoms. The molecule has 0 radical (unpaired) electrons. The Hall–Kier alpha value is 1.27. The van der Waals surface area contributed by atoms with Gasteiger partial charge >= 0.3 is 147 Å². The van der Waals surface area contributed by atoms with Crippen molar-refractivity contribution < 1.29 is 0 Å². The van der Waals surface area contributed by atoms with Crippen LogP contribution in [0.2, 0.25) is 17.7 Å². The van der Waals surface area contributed by atoms with Crippen molar-refractivity contribution in [3.05, 3.63) is 12.2 Å². The van der Waals surface area contributed by atoms with Gasteiger partial charge in [-0.15, -0.1) is 0 Å². The summed E-state index contributed by atoms with van der Waals surface area (Å²) in [6.45, 7) is 11.5. The van der Waals surface area contributed by atoms with E-state index in [-0.39, 0.29) is 0 Å². The first-order valence-corrected chi connectivity index (χ1v) is 18.5. The van der Waals surface area contributed by atoms with Gasteiger partial charge in [0.2, 0.25) is 0 Å². The molecular weight excluding hydrogens is 462 g/mol. The predicted octanol–water partition coefficient (Wildman–Crippen LogP) is 7.61. The average molecular weight is 499 g/mol. The van der Waals surface area contributed by atoms with Crippen molar-refractivity contribution in [2.24, 2.45) is 0 Å². The SMILES string of the molecule is C=C(CCCI)[CH2][Sn]([CH2]CCC)([CH2]CCC)[CH2]CCC. The monoisotopic (exact) mass is 500 g/mol. The molecule has 0 fully saturated rings. The number of unbranched alkanes of at least 4 members (excludes halogenated alkanes) is 3. The molecule has 2 heteroatoms. The maximum atomic E-state index is 4.45. The third-order valence-corrected chi connectivity index (χ3v) is 20.9. The van der Waals surface area contributed by atoms with Crippen LogP contribution < -0.4 is 0 Å². The van der Waals surface area contributed by atoms with Gasteiger partial charge in [-0.2, -0.15) is 0 Å². The van der Waals surface area contributed by atoms with Crippen LogP contribution in [-0.2, 0) is 0 Å². The van der Waals surface area contributed by atoms with Gasteiger partial charge in [-0.25, -0.2) is 0 Å². The Balaban J connectivity index is 4.68. The van der Waals surface area contributed by atoms with E-state index in [4.69, 9.17) is 0 Å². The fourth-order valence-electron chi connectivity index (χ4n) is 3.23. The van der Waals surface area contributed by atoms with Gasteiger partial charge < -0.3 is 0 Å². The number of hydrogen-bond acceptors (Lipinski definition) is 0. The standard InChI is InChI=1S/C6H10I.3C4H9.Sn/c1-6(2)4-3-5-7;3*1-3-4-2;/h1-5H2;3*1,3-4H2,2H3;. The molecule has 0 aliphatic carbocycles. The quantitative estimate of drug-likeness (QED) is 0.1000. The first kappa shape index (κ1) is 21.3. The summed E-state index contributed by atoms with van der Waals surface area (Å²) in [5, 5.41) is 0. The average Bonchev–Trinajstić information content (AvgIpc) is 2.46. The van der Waals surface area contributed by atoms with E-state index in [9.17, 15) is 0 Å². The van der Waals surface area contributed by atoms with Crippen LogP contribution >= 0.6 is 22.6 Å². The van der Waals surface area contributed by atoms with Crippen LogP contribution in [0, 0.1) is 0 Å². The van der Waals surface area contributed by atoms with E-state index >= 15 is 0 Å². The number of hydrogen-bond donors (Lipinski definition) is 0. The Morgan fingerprint density at radius 2 is 1.30 bits per heavy atom. The summed E-state index contributed by atoms with van der Waals surface area (Å²) < 4.78 is 7.70. The Morgan fingerprint density at radius 1 is 0.850 bits per heavy atom. The fraction of sp³-hybridized carbons (Fsp3) is 0.889. The second-order valence-electron chi connectivity index (χ2n) is 6.53. The third-order valence-electron chi connectivity index (χ3n) is 4.47. The van der Waals surface area contributed by atoms with Gasteiger partial charge in [-0.05, 0) is 0 Å². The molecule has 0 aromatic rings. The normalized spacial score (nSPS) is 11.8. The van der Waals surface area contributed by atoms with E-state index < -0.39 is 18.4 Å². The molecule has 0 atom stereocenters. The maximum absolute atomic E-state index is 4.45. The van der Waals surface area contributed by atoms with Crippen molar-refractivity contribution in [2.45, 2.75) is 89.9 Å². The molecule has 20 heavy (non-hydrogen) atoms. The molecule has 0 aromatic heterocycles. The molecule has 0 heterocycles. The van der Waals surface area contributed by atoms with Crippen molar-refractivity contribution in [2.75, 3.05) is 4.43 Å². The van der Waals surface area contributed by atoms with Crippen LogP contribution in [0.5, 0.6) is 0 Å². The van der Waals surface area contributed by atoms with Gasteiger partial charge in [-0.1, -0.05) is 0 Å². The van der Waals surface area contributed by atoms with E-state index in [1.807, 2.05) is 0 Å². The van der Waals surface area contributed by atoms with Crippen molar-refractivity contribution in [3.63, 3.8) is 0 Å². The Kier molecular flexibility index (Phi) is 14.8. The second-order valence-corrected chi connectivity index (χ2v) is 21.5. The summed E-state index contributed by atoms with van der Waals surface area (Å²) in [6, 6.07) is 0. The van der Waals surface area contributed by atoms with E-state index in [0.717, 1.165) is 0 Å². The van der Waals surface area contributed by atoms with Crippen molar-refractivity contribution in [1.29, 1.82) is 0 Å². The summed E-state index contributed by atoms with van der Waals surface area (Å²) in [7, 11) is 0. The molecule has 0 aliphatic rings. The predicted molar refractivity (Wildman–Crippen MR) is 107 cm³/mol. The van der Waals surface area contributed by atoms with Crippen LogP contribution in [0.4, 0.5) is 0 Å². The minimum atomic E-state index is -1.92. The van der Waals surface area contributed by atoms with Gasteiger partial charge in [0, 0.05) is 0 Å². The molecule has 0 aromatic carbocycles. The van der Waals surface area contributed by atoms with E-state index in [1.165, 1.54) is 60.2 Å². The van der Waals surface area contributed by atoms with Crippen LogP contribution in [0.3, 0.4) is 0 Å². The molecule has 120 valence electrons. The fourth-order valence-corrected chi connectivity index (χ4v) is 20.2. The third kappa shape index (κ3) is 10.1. The molecule has 0 nitrogen and oxygen atoms in total. The molecule has 0 aliphatic heterocycles. The number of rotatable bonds is 14. The zero-order valence-electron chi connectivity index (χ0n) is 14.3. The van der Waals surface area contributed by atoms with Crippen LogP contribution in [0.25, 0.3) is 0 Å². The minimum absolute atomic E-state index is 1.29. The molecule has 0 unspecified atom stereocenters. The molecule has 0 saturated heterocycles. The van der Waals surface area contributed by atoms with E-state index in [2.05, 4.69) is 49.9 Å².